The molecule has 0 radical (unpaired) electrons. The summed E-state index contributed by atoms with van der Waals surface area (Å²) >= 11 is 0. The van der Waals surface area contributed by atoms with Gasteiger partial charge in [-0.2, -0.15) is 0 Å². The lowest BCUT2D eigenvalue weighted by Gasteiger charge is -2.32. The van der Waals surface area contributed by atoms with E-state index < -0.39 is 11.6 Å². The van der Waals surface area contributed by atoms with Gasteiger partial charge in [-0.1, -0.05) is 43.3 Å². The Balaban J connectivity index is 1.66. The molecule has 2 atom stereocenters. The van der Waals surface area contributed by atoms with Crippen molar-refractivity contribution in [1.29, 1.82) is 0 Å². The number of amides is 1. The molecule has 0 aromatic heterocycles. The van der Waals surface area contributed by atoms with Gasteiger partial charge in [0, 0.05) is 24.9 Å². The summed E-state index contributed by atoms with van der Waals surface area (Å²) in [6, 6.07) is 14.4. The smallest absolute Gasteiger partial charge is 0.223 e. The predicted octanol–water partition coefficient (Wildman–Crippen LogP) is 5.08. The Morgan fingerprint density at radius 3 is 2.62 bits per heavy atom. The molecule has 2 aromatic carbocycles. The molecule has 1 amide bonds. The molecular weight excluding hydrogens is 332 g/mol. The molecule has 1 heterocycles. The number of likely N-dealkylation sites (tertiary alicyclic amines) is 1. The molecule has 0 spiro atoms. The van der Waals surface area contributed by atoms with Crippen LogP contribution in [0.2, 0.25) is 0 Å². The number of halogens is 2. The third-order valence-corrected chi connectivity index (χ3v) is 5.36. The molecule has 0 saturated carbocycles. The summed E-state index contributed by atoms with van der Waals surface area (Å²) in [4.78, 5) is 14.8. The largest absolute Gasteiger partial charge is 0.339 e. The van der Waals surface area contributed by atoms with E-state index in [4.69, 9.17) is 0 Å². The Labute approximate surface area is 153 Å². The fourth-order valence-corrected chi connectivity index (χ4v) is 4.04. The minimum atomic E-state index is -0.857. The first kappa shape index (κ1) is 18.6. The van der Waals surface area contributed by atoms with E-state index in [-0.39, 0.29) is 11.9 Å². The number of hydrogen-bond donors (Lipinski definition) is 0. The van der Waals surface area contributed by atoms with Crippen LogP contribution in [0.25, 0.3) is 0 Å². The highest BCUT2D eigenvalue weighted by Crippen LogP contribution is 2.34. The fourth-order valence-electron chi connectivity index (χ4n) is 4.04. The lowest BCUT2D eigenvalue weighted by atomic mass is 9.87. The third-order valence-electron chi connectivity index (χ3n) is 5.36. The zero-order chi connectivity index (χ0) is 18.5. The molecule has 1 fully saturated rings. The summed E-state index contributed by atoms with van der Waals surface area (Å²) in [6.07, 6.45) is 3.78. The van der Waals surface area contributed by atoms with Crippen molar-refractivity contribution < 1.29 is 13.6 Å². The van der Waals surface area contributed by atoms with Crippen LogP contribution in [-0.4, -0.2) is 23.4 Å². The van der Waals surface area contributed by atoms with Crippen molar-refractivity contribution in [3.05, 3.63) is 71.3 Å². The van der Waals surface area contributed by atoms with E-state index in [9.17, 15) is 13.6 Å². The highest BCUT2D eigenvalue weighted by molar-refractivity contribution is 5.77. The average Bonchev–Trinajstić information content (AvgIpc) is 3.13. The Morgan fingerprint density at radius 1 is 1.15 bits per heavy atom. The SMILES string of the molecule is CC[C@H](c1ccccc1)[C@H]1CCCN1C(=O)CCc1ccc(F)c(F)c1. The van der Waals surface area contributed by atoms with Crippen molar-refractivity contribution in [2.75, 3.05) is 6.54 Å². The molecule has 3 rings (SSSR count). The van der Waals surface area contributed by atoms with Gasteiger partial charge in [0.25, 0.3) is 0 Å². The summed E-state index contributed by atoms with van der Waals surface area (Å²) in [6.45, 7) is 2.95. The first-order chi connectivity index (χ1) is 12.6. The van der Waals surface area contributed by atoms with Gasteiger partial charge in [0.05, 0.1) is 0 Å². The van der Waals surface area contributed by atoms with Crippen molar-refractivity contribution in [3.8, 4) is 0 Å². The van der Waals surface area contributed by atoms with Crippen molar-refractivity contribution in [1.82, 2.24) is 4.90 Å². The minimum Gasteiger partial charge on any atom is -0.339 e. The van der Waals surface area contributed by atoms with Gasteiger partial charge in [-0.15, -0.1) is 0 Å². The molecule has 2 nitrogen and oxygen atoms in total. The molecule has 1 aliphatic rings. The van der Waals surface area contributed by atoms with Gasteiger partial charge in [-0.25, -0.2) is 8.78 Å². The molecule has 0 unspecified atom stereocenters. The van der Waals surface area contributed by atoms with E-state index in [1.165, 1.54) is 11.6 Å². The third kappa shape index (κ3) is 4.12. The second-order valence-corrected chi connectivity index (χ2v) is 6.97. The van der Waals surface area contributed by atoms with Gasteiger partial charge >= 0.3 is 0 Å². The molecule has 26 heavy (non-hydrogen) atoms. The fraction of sp³-hybridized carbons (Fsp3) is 0.409. The van der Waals surface area contributed by atoms with E-state index >= 15 is 0 Å². The second kappa shape index (κ2) is 8.43. The molecule has 0 aliphatic carbocycles. The van der Waals surface area contributed by atoms with Gasteiger partial charge in [0.15, 0.2) is 11.6 Å². The predicted molar refractivity (Wildman–Crippen MR) is 98.9 cm³/mol. The normalized spacial score (nSPS) is 18.1. The lowest BCUT2D eigenvalue weighted by molar-refractivity contribution is -0.132. The van der Waals surface area contributed by atoms with Gasteiger partial charge in [-0.3, -0.25) is 4.79 Å². The zero-order valence-electron chi connectivity index (χ0n) is 15.1. The van der Waals surface area contributed by atoms with E-state index in [2.05, 4.69) is 19.1 Å². The van der Waals surface area contributed by atoms with Crippen molar-refractivity contribution in [3.63, 3.8) is 0 Å². The van der Waals surface area contributed by atoms with Crippen LogP contribution in [0.1, 0.15) is 49.7 Å². The molecule has 1 aliphatic heterocycles. The van der Waals surface area contributed by atoms with Crippen LogP contribution in [0, 0.1) is 11.6 Å². The average molecular weight is 357 g/mol. The van der Waals surface area contributed by atoms with Crippen LogP contribution >= 0.6 is 0 Å². The maximum Gasteiger partial charge on any atom is 0.223 e. The molecule has 138 valence electrons. The highest BCUT2D eigenvalue weighted by atomic mass is 19.2. The van der Waals surface area contributed by atoms with Crippen molar-refractivity contribution in [2.45, 2.75) is 51.0 Å². The summed E-state index contributed by atoms with van der Waals surface area (Å²) in [5, 5.41) is 0. The number of carbonyl (C=O) groups excluding carboxylic acids is 1. The minimum absolute atomic E-state index is 0.103. The first-order valence-corrected chi connectivity index (χ1v) is 9.38. The molecular formula is C22H25F2NO. The topological polar surface area (TPSA) is 20.3 Å². The number of aryl methyl sites for hydroxylation is 1. The van der Waals surface area contributed by atoms with Crippen LogP contribution < -0.4 is 0 Å². The van der Waals surface area contributed by atoms with Crippen LogP contribution in [0.15, 0.2) is 48.5 Å². The molecule has 2 aromatic rings. The van der Waals surface area contributed by atoms with Crippen molar-refractivity contribution in [2.24, 2.45) is 0 Å². The number of hydrogen-bond acceptors (Lipinski definition) is 1. The van der Waals surface area contributed by atoms with Gasteiger partial charge < -0.3 is 4.90 Å². The lowest BCUT2D eigenvalue weighted by Crippen LogP contribution is -2.39. The number of nitrogens with zero attached hydrogens (tertiary/aromatic N) is 1. The van der Waals surface area contributed by atoms with E-state index in [1.54, 1.807) is 6.07 Å². The maximum absolute atomic E-state index is 13.3. The van der Waals surface area contributed by atoms with E-state index in [0.29, 0.717) is 24.3 Å². The van der Waals surface area contributed by atoms with E-state index in [0.717, 1.165) is 31.9 Å². The van der Waals surface area contributed by atoms with Gasteiger partial charge in [0.1, 0.15) is 0 Å². The number of benzene rings is 2. The van der Waals surface area contributed by atoms with Crippen LogP contribution in [-0.2, 0) is 11.2 Å². The summed E-state index contributed by atoms with van der Waals surface area (Å²) < 4.78 is 26.4. The molecule has 0 N–H and O–H groups in total. The number of carbonyl (C=O) groups is 1. The standard InChI is InChI=1S/C22H25F2NO/c1-2-18(17-7-4-3-5-8-17)21-9-6-14-25(21)22(26)13-11-16-10-12-19(23)20(24)15-16/h3-5,7-8,10,12,15,18,21H,2,6,9,11,13-14H2,1H3/t18-,21-/m1/s1. The second-order valence-electron chi connectivity index (χ2n) is 6.97. The Hall–Kier alpha value is -2.23. The maximum atomic E-state index is 13.3. The van der Waals surface area contributed by atoms with E-state index in [1.807, 2.05) is 23.1 Å². The number of rotatable bonds is 6. The van der Waals surface area contributed by atoms with Crippen molar-refractivity contribution >= 4 is 5.91 Å². The Kier molecular flexibility index (Phi) is 6.02. The summed E-state index contributed by atoms with van der Waals surface area (Å²) in [5.74, 6) is -1.27. The summed E-state index contributed by atoms with van der Waals surface area (Å²) in [5.41, 5.74) is 1.93. The molecule has 0 bridgehead atoms. The zero-order valence-corrected chi connectivity index (χ0v) is 15.1. The van der Waals surface area contributed by atoms with Gasteiger partial charge in [-0.05, 0) is 48.9 Å². The monoisotopic (exact) mass is 357 g/mol. The quantitative estimate of drug-likeness (QED) is 0.706. The summed E-state index contributed by atoms with van der Waals surface area (Å²) in [7, 11) is 0. The van der Waals surface area contributed by atoms with Crippen LogP contribution in [0.3, 0.4) is 0 Å². The van der Waals surface area contributed by atoms with Gasteiger partial charge in [0.2, 0.25) is 5.91 Å². The highest BCUT2D eigenvalue weighted by Gasteiger charge is 2.34. The molecule has 4 heteroatoms. The van der Waals surface area contributed by atoms with Crippen LogP contribution in [0.5, 0.6) is 0 Å². The van der Waals surface area contributed by atoms with Crippen LogP contribution in [0.4, 0.5) is 8.78 Å². The molecule has 1 saturated heterocycles. The first-order valence-electron chi connectivity index (χ1n) is 9.38. The Bertz CT molecular complexity index is 747. The Morgan fingerprint density at radius 2 is 1.92 bits per heavy atom.